The largest absolute Gasteiger partial charge is 0.346 e. The number of nitrogens with one attached hydrogen (secondary N) is 1. The summed E-state index contributed by atoms with van der Waals surface area (Å²) in [5, 5.41) is 8.45. The molecular formula is C22H24N4O4S. The van der Waals surface area contributed by atoms with Crippen LogP contribution in [-0.4, -0.2) is 60.0 Å². The molecular weight excluding hydrogens is 416 g/mol. The van der Waals surface area contributed by atoms with Gasteiger partial charge < -0.3 is 14.5 Å². The molecule has 0 unspecified atom stereocenters. The maximum atomic E-state index is 13.5. The van der Waals surface area contributed by atoms with Crippen LogP contribution >= 0.6 is 0 Å². The van der Waals surface area contributed by atoms with Gasteiger partial charge in [0.05, 0.1) is 24.7 Å². The first-order valence-corrected chi connectivity index (χ1v) is 11.8. The number of aryl methyl sites for hydroxylation is 1. The van der Waals surface area contributed by atoms with Crippen molar-refractivity contribution in [1.82, 2.24) is 19.5 Å². The fourth-order valence-electron chi connectivity index (χ4n) is 4.17. The number of hydrogen-bond donors (Lipinski definition) is 1. The van der Waals surface area contributed by atoms with Crippen LogP contribution in [0.5, 0.6) is 0 Å². The van der Waals surface area contributed by atoms with Crippen molar-refractivity contribution in [2.75, 3.05) is 26.3 Å². The Morgan fingerprint density at radius 2 is 1.71 bits per heavy atom. The molecule has 3 aromatic rings. The standard InChI is InChI=1S/C22H24N4O4S/c1-16-8-9-18(21-23-20(24-25-21)17-6-3-2-4-7-17)14-19(16)31(27,28)26-11-5-10-22(15-26)29-12-13-30-22/h2-4,6-9,14H,5,10-13,15H2,1H3,(H,23,24,25). The number of sulfonamides is 1. The van der Waals surface area contributed by atoms with Gasteiger partial charge in [0, 0.05) is 24.1 Å². The minimum absolute atomic E-state index is 0.208. The molecule has 0 radical (unpaired) electrons. The zero-order valence-electron chi connectivity index (χ0n) is 17.2. The molecule has 3 heterocycles. The Hall–Kier alpha value is -2.59. The number of aromatic nitrogens is 3. The fraction of sp³-hybridized carbons (Fsp3) is 0.364. The highest BCUT2D eigenvalue weighted by Crippen LogP contribution is 2.34. The molecule has 31 heavy (non-hydrogen) atoms. The van der Waals surface area contributed by atoms with Gasteiger partial charge in [-0.1, -0.05) is 42.5 Å². The Bertz CT molecular complexity index is 1190. The van der Waals surface area contributed by atoms with Gasteiger partial charge in [0.25, 0.3) is 0 Å². The first-order valence-electron chi connectivity index (χ1n) is 10.3. The number of ether oxygens (including phenoxy) is 2. The average molecular weight is 441 g/mol. The fourth-order valence-corrected chi connectivity index (χ4v) is 5.94. The van der Waals surface area contributed by atoms with E-state index in [1.165, 1.54) is 4.31 Å². The van der Waals surface area contributed by atoms with E-state index in [1.807, 2.05) is 36.4 Å². The van der Waals surface area contributed by atoms with E-state index in [9.17, 15) is 8.42 Å². The van der Waals surface area contributed by atoms with E-state index in [-0.39, 0.29) is 11.4 Å². The van der Waals surface area contributed by atoms with Gasteiger partial charge in [0.15, 0.2) is 17.4 Å². The second-order valence-electron chi connectivity index (χ2n) is 7.92. The third-order valence-corrected chi connectivity index (χ3v) is 7.80. The van der Waals surface area contributed by atoms with Gasteiger partial charge in [-0.15, -0.1) is 10.2 Å². The van der Waals surface area contributed by atoms with Crippen LogP contribution in [0.3, 0.4) is 0 Å². The highest BCUT2D eigenvalue weighted by atomic mass is 32.2. The number of benzene rings is 2. The summed E-state index contributed by atoms with van der Waals surface area (Å²) in [6.45, 7) is 3.45. The van der Waals surface area contributed by atoms with Crippen molar-refractivity contribution in [3.63, 3.8) is 0 Å². The van der Waals surface area contributed by atoms with Crippen molar-refractivity contribution >= 4 is 10.0 Å². The Morgan fingerprint density at radius 3 is 2.45 bits per heavy atom. The Morgan fingerprint density at radius 1 is 1.00 bits per heavy atom. The van der Waals surface area contributed by atoms with Gasteiger partial charge in [0.2, 0.25) is 10.0 Å². The molecule has 1 aromatic heterocycles. The molecule has 0 saturated carbocycles. The maximum absolute atomic E-state index is 13.5. The number of nitrogens with zero attached hydrogens (tertiary/aromatic N) is 3. The highest BCUT2D eigenvalue weighted by molar-refractivity contribution is 7.89. The number of H-pyrrole nitrogens is 1. The third-order valence-electron chi connectivity index (χ3n) is 5.81. The maximum Gasteiger partial charge on any atom is 0.243 e. The zero-order chi connectivity index (χ0) is 21.5. The third kappa shape index (κ3) is 3.78. The molecule has 0 bridgehead atoms. The highest BCUT2D eigenvalue weighted by Gasteiger charge is 2.44. The summed E-state index contributed by atoms with van der Waals surface area (Å²) in [5.41, 5.74) is 2.26. The van der Waals surface area contributed by atoms with Gasteiger partial charge in [-0.25, -0.2) is 8.42 Å². The molecule has 2 aliphatic rings. The molecule has 5 rings (SSSR count). The van der Waals surface area contributed by atoms with E-state index in [0.717, 1.165) is 5.56 Å². The molecule has 1 spiro atoms. The van der Waals surface area contributed by atoms with E-state index in [0.29, 0.717) is 55.4 Å². The molecule has 0 atom stereocenters. The summed E-state index contributed by atoms with van der Waals surface area (Å²) in [7, 11) is -3.72. The SMILES string of the molecule is Cc1ccc(-c2nnc(-c3ccccc3)[nH]2)cc1S(=O)(=O)N1CCCC2(C1)OCCO2. The van der Waals surface area contributed by atoms with Crippen LogP contribution in [0.1, 0.15) is 18.4 Å². The van der Waals surface area contributed by atoms with Crippen molar-refractivity contribution in [3.8, 4) is 22.8 Å². The first kappa shape index (κ1) is 20.3. The molecule has 0 aliphatic carbocycles. The number of rotatable bonds is 4. The number of piperidine rings is 1. The predicted molar refractivity (Wildman–Crippen MR) is 115 cm³/mol. The van der Waals surface area contributed by atoms with E-state index in [1.54, 1.807) is 19.1 Å². The summed E-state index contributed by atoms with van der Waals surface area (Å²) >= 11 is 0. The van der Waals surface area contributed by atoms with Gasteiger partial charge in [-0.3, -0.25) is 0 Å². The van der Waals surface area contributed by atoms with Crippen LogP contribution in [0.25, 0.3) is 22.8 Å². The normalized spacial score (nSPS) is 19.1. The number of aromatic amines is 1. The smallest absolute Gasteiger partial charge is 0.243 e. The van der Waals surface area contributed by atoms with E-state index in [2.05, 4.69) is 15.2 Å². The van der Waals surface area contributed by atoms with Crippen LogP contribution in [0, 0.1) is 6.92 Å². The van der Waals surface area contributed by atoms with Crippen LogP contribution < -0.4 is 0 Å². The van der Waals surface area contributed by atoms with Crippen molar-refractivity contribution in [1.29, 1.82) is 0 Å². The summed E-state index contributed by atoms with van der Waals surface area (Å²) in [5.74, 6) is 0.341. The lowest BCUT2D eigenvalue weighted by Gasteiger charge is -2.37. The lowest BCUT2D eigenvalue weighted by atomic mass is 10.1. The van der Waals surface area contributed by atoms with Crippen molar-refractivity contribution < 1.29 is 17.9 Å². The van der Waals surface area contributed by atoms with Gasteiger partial charge in [-0.2, -0.15) is 4.31 Å². The molecule has 8 nitrogen and oxygen atoms in total. The summed E-state index contributed by atoms with van der Waals surface area (Å²) in [4.78, 5) is 3.45. The van der Waals surface area contributed by atoms with Crippen LogP contribution in [-0.2, 0) is 19.5 Å². The summed E-state index contributed by atoms with van der Waals surface area (Å²) < 4.78 is 40.0. The van der Waals surface area contributed by atoms with Crippen molar-refractivity contribution in [2.45, 2.75) is 30.4 Å². The van der Waals surface area contributed by atoms with E-state index in [4.69, 9.17) is 9.47 Å². The summed E-state index contributed by atoms with van der Waals surface area (Å²) in [6, 6.07) is 15.0. The average Bonchev–Trinajstić information content (AvgIpc) is 3.45. The Labute approximate surface area is 181 Å². The topological polar surface area (TPSA) is 97.4 Å². The molecule has 2 aromatic carbocycles. The first-order chi connectivity index (χ1) is 15.0. The molecule has 2 saturated heterocycles. The van der Waals surface area contributed by atoms with E-state index < -0.39 is 15.8 Å². The molecule has 1 N–H and O–H groups in total. The van der Waals surface area contributed by atoms with Crippen LogP contribution in [0.4, 0.5) is 0 Å². The second kappa shape index (κ2) is 7.83. The molecule has 162 valence electrons. The Balaban J connectivity index is 1.47. The Kier molecular flexibility index (Phi) is 5.13. The molecule has 9 heteroatoms. The van der Waals surface area contributed by atoms with Crippen molar-refractivity contribution in [3.05, 3.63) is 54.1 Å². The van der Waals surface area contributed by atoms with Crippen LogP contribution in [0.2, 0.25) is 0 Å². The predicted octanol–water partition coefficient (Wildman–Crippen LogP) is 2.97. The van der Waals surface area contributed by atoms with Gasteiger partial charge in [-0.05, 0) is 25.0 Å². The molecule has 2 aliphatic heterocycles. The lowest BCUT2D eigenvalue weighted by Crippen LogP contribution is -2.51. The molecule has 2 fully saturated rings. The minimum Gasteiger partial charge on any atom is -0.346 e. The van der Waals surface area contributed by atoms with Gasteiger partial charge in [0.1, 0.15) is 0 Å². The lowest BCUT2D eigenvalue weighted by molar-refractivity contribution is -0.179. The van der Waals surface area contributed by atoms with Crippen LogP contribution in [0.15, 0.2) is 53.4 Å². The molecule has 0 amide bonds. The minimum atomic E-state index is -3.72. The monoisotopic (exact) mass is 440 g/mol. The zero-order valence-corrected chi connectivity index (χ0v) is 18.1. The number of hydrogen-bond acceptors (Lipinski definition) is 6. The quantitative estimate of drug-likeness (QED) is 0.670. The van der Waals surface area contributed by atoms with Crippen molar-refractivity contribution in [2.24, 2.45) is 0 Å². The van der Waals surface area contributed by atoms with E-state index >= 15 is 0 Å². The summed E-state index contributed by atoms with van der Waals surface area (Å²) in [6.07, 6.45) is 1.40. The second-order valence-corrected chi connectivity index (χ2v) is 9.82. The van der Waals surface area contributed by atoms with Gasteiger partial charge >= 0.3 is 0 Å².